The smallest absolute Gasteiger partial charge is 0.338 e. The predicted molar refractivity (Wildman–Crippen MR) is 324 cm³/mol. The lowest BCUT2D eigenvalue weighted by Gasteiger charge is -2.67. The molecule has 5 aromatic rings. The molecule has 2 saturated carbocycles. The van der Waals surface area contributed by atoms with Gasteiger partial charge in [-0.1, -0.05) is 99.6 Å². The fourth-order valence-corrected chi connectivity index (χ4v) is 13.9. The van der Waals surface area contributed by atoms with Gasteiger partial charge in [-0.15, -0.1) is 0 Å². The third-order valence-corrected chi connectivity index (χ3v) is 18.5. The largest absolute Gasteiger partial charge is 0.508 e. The zero-order chi connectivity index (χ0) is 65.1. The molecule has 21 heteroatoms. The minimum atomic E-state index is -2.58. The highest BCUT2D eigenvalue weighted by Gasteiger charge is 2.79. The number of phenolic OH excluding ortho intramolecular Hbond substituents is 1. The lowest BCUT2D eigenvalue weighted by atomic mass is 9.45. The Morgan fingerprint density at radius 1 is 0.703 bits per heavy atom. The van der Waals surface area contributed by atoms with Gasteiger partial charge in [-0.3, -0.25) is 28.8 Å². The van der Waals surface area contributed by atoms with E-state index in [-0.39, 0.29) is 45.6 Å². The molecule has 2 bridgehead atoms. The monoisotopic (exact) mass is 1240 g/mol. The van der Waals surface area contributed by atoms with Gasteiger partial charge in [-0.2, -0.15) is 0 Å². The number of amides is 2. The second-order valence-corrected chi connectivity index (χ2v) is 24.4. The molecular formula is C70H66N2O19. The van der Waals surface area contributed by atoms with Crippen molar-refractivity contribution in [3.05, 3.63) is 195 Å². The SMILES string of the molecule is CC(=O)OC1=C2C(C)[C@@H](OC(=O)[C@H](O)[C@@H](NC(=O)c3ccccc3)c3ccccc3)C[C@@](O)([C@@H](OC(=O)c3ccccc3)C3[C@](C)(C1=O)[C@@H](OC(=O)[C@H](C)NC(=O)c1ccc(-c4c5ccc(=O)cc-5oc5cc(O)ccc45)cc1)C[C@H]1OC[C@@]31OC(C)=O)C2(C)C. The number of benzene rings is 6. The Morgan fingerprint density at radius 3 is 1.96 bits per heavy atom. The van der Waals surface area contributed by atoms with Gasteiger partial charge >= 0.3 is 29.8 Å². The van der Waals surface area contributed by atoms with Gasteiger partial charge in [-0.05, 0) is 91.2 Å². The van der Waals surface area contributed by atoms with Crippen molar-refractivity contribution in [3.63, 3.8) is 0 Å². The molecule has 0 spiro atoms. The Bertz CT molecular complexity index is 4110. The third-order valence-electron chi connectivity index (χ3n) is 18.5. The number of carbonyl (C=O) groups is 8. The molecule has 0 radical (unpaired) electrons. The lowest BCUT2D eigenvalue weighted by molar-refractivity contribution is -0.346. The number of ketones is 1. The van der Waals surface area contributed by atoms with Crippen molar-refractivity contribution in [2.24, 2.45) is 22.7 Å². The minimum Gasteiger partial charge on any atom is -0.508 e. The number of aliphatic hydroxyl groups is 2. The summed E-state index contributed by atoms with van der Waals surface area (Å²) in [6, 6.07) is 36.3. The first-order valence-electron chi connectivity index (χ1n) is 29.7. The van der Waals surface area contributed by atoms with E-state index in [1.54, 1.807) is 110 Å². The first kappa shape index (κ1) is 62.8. The molecule has 0 aromatic heterocycles. The minimum absolute atomic E-state index is 0.0193. The maximum absolute atomic E-state index is 16.5. The van der Waals surface area contributed by atoms with Crippen molar-refractivity contribution in [1.29, 1.82) is 0 Å². The van der Waals surface area contributed by atoms with E-state index in [4.69, 9.17) is 32.8 Å². The van der Waals surface area contributed by atoms with Crippen LogP contribution in [-0.2, 0) is 52.4 Å². The number of rotatable bonds is 15. The van der Waals surface area contributed by atoms with Crippen molar-refractivity contribution >= 4 is 58.4 Å². The zero-order valence-electron chi connectivity index (χ0n) is 50.6. The number of aromatic hydroxyl groups is 1. The first-order valence-corrected chi connectivity index (χ1v) is 29.7. The number of aliphatic hydroxyl groups excluding tert-OH is 1. The molecule has 12 atom stereocenters. The number of hydrogen-bond donors (Lipinski definition) is 5. The van der Waals surface area contributed by atoms with E-state index < -0.39 is 143 Å². The molecule has 2 aliphatic heterocycles. The summed E-state index contributed by atoms with van der Waals surface area (Å²) >= 11 is 0. The summed E-state index contributed by atoms with van der Waals surface area (Å²) in [7, 11) is 0. The standard InChI is InChI=1S/C70H66N2O19/c1-36-51(88-66(83)57(77)56(41-17-11-8-12-18-41)72-63(80)42-19-13-9-14-20-42)34-70(84)61(90-65(82)44-21-15-10-16-22-44)59-68(7,60(78)58(86-38(3)73)55(36)67(70,5)6)52(33-53-69(59,35-85-53)91-39(4)74)89-64(81)37(2)71-62(79)43-25-23-40(24-26-43)54-47-29-27-45(75)31-49(47)87-50-32-46(76)28-30-48(50)54/h8-32,36-37,51-53,56-57,59,61,75,77,84H,33-35H2,1-7H3,(H,71,79)(H,72,80)/t36?,37-,51-,52-,53+,56-,57+,59?,61-,68+,69-,70+/m0/s1. The molecule has 1 saturated heterocycles. The molecule has 3 fully saturated rings. The van der Waals surface area contributed by atoms with Crippen LogP contribution in [0.25, 0.3) is 33.4 Å². The van der Waals surface area contributed by atoms with Gasteiger partial charge in [-0.25, -0.2) is 14.4 Å². The van der Waals surface area contributed by atoms with E-state index >= 15 is 4.79 Å². The Labute approximate surface area is 521 Å². The van der Waals surface area contributed by atoms with Crippen LogP contribution in [-0.4, -0.2) is 117 Å². The highest BCUT2D eigenvalue weighted by molar-refractivity contribution is 6.04. The third kappa shape index (κ3) is 11.2. The van der Waals surface area contributed by atoms with E-state index in [2.05, 4.69) is 10.6 Å². The molecule has 5 N–H and O–H groups in total. The van der Waals surface area contributed by atoms with Gasteiger partial charge < -0.3 is 58.8 Å². The normalized spacial score (nSPS) is 25.7. The lowest BCUT2D eigenvalue weighted by Crippen LogP contribution is -2.81. The van der Waals surface area contributed by atoms with Crippen LogP contribution in [0, 0.1) is 22.7 Å². The molecule has 5 aromatic carbocycles. The van der Waals surface area contributed by atoms with Crippen LogP contribution in [0.2, 0.25) is 0 Å². The summed E-state index contributed by atoms with van der Waals surface area (Å²) in [5.74, 6) is -11.2. The van der Waals surface area contributed by atoms with Gasteiger partial charge in [0.2, 0.25) is 5.78 Å². The number of phenols is 1. The van der Waals surface area contributed by atoms with Gasteiger partial charge in [0.15, 0.2) is 22.9 Å². The van der Waals surface area contributed by atoms with E-state index in [0.717, 1.165) is 13.8 Å². The van der Waals surface area contributed by atoms with Crippen LogP contribution >= 0.6 is 0 Å². The van der Waals surface area contributed by atoms with E-state index in [0.29, 0.717) is 33.2 Å². The van der Waals surface area contributed by atoms with E-state index in [9.17, 15) is 53.7 Å². The van der Waals surface area contributed by atoms with Gasteiger partial charge in [0.1, 0.15) is 53.2 Å². The second-order valence-electron chi connectivity index (χ2n) is 24.4. The number of allylic oxidation sites excluding steroid dienone is 1. The molecule has 6 aliphatic rings. The topological polar surface area (TPSA) is 307 Å². The molecule has 2 heterocycles. The summed E-state index contributed by atoms with van der Waals surface area (Å²) in [4.78, 5) is 128. The highest BCUT2D eigenvalue weighted by Crippen LogP contribution is 2.65. The van der Waals surface area contributed by atoms with Crippen molar-refractivity contribution in [1.82, 2.24) is 10.6 Å². The maximum atomic E-state index is 16.5. The Kier molecular flexibility index (Phi) is 16.7. The predicted octanol–water partition coefficient (Wildman–Crippen LogP) is 7.89. The number of fused-ring (bicyclic) bond motifs is 7. The van der Waals surface area contributed by atoms with Gasteiger partial charge in [0.25, 0.3) is 11.8 Å². The number of carbonyl (C=O) groups excluding carboxylic acids is 8. The van der Waals surface area contributed by atoms with Crippen LogP contribution in [0.1, 0.15) is 104 Å². The molecule has 4 aliphatic carbocycles. The molecule has 2 amide bonds. The fourth-order valence-electron chi connectivity index (χ4n) is 13.9. The summed E-state index contributed by atoms with van der Waals surface area (Å²) in [6.45, 7) is 8.96. The summed E-state index contributed by atoms with van der Waals surface area (Å²) in [5, 5.41) is 42.6. The van der Waals surface area contributed by atoms with Crippen molar-refractivity contribution in [2.45, 2.75) is 115 Å². The van der Waals surface area contributed by atoms with Crippen LogP contribution < -0.4 is 16.1 Å². The summed E-state index contributed by atoms with van der Waals surface area (Å²) < 4.78 is 43.7. The maximum Gasteiger partial charge on any atom is 0.338 e. The van der Waals surface area contributed by atoms with Crippen LogP contribution in [0.4, 0.5) is 0 Å². The Balaban J connectivity index is 0.973. The summed E-state index contributed by atoms with van der Waals surface area (Å²) in [6.07, 6.45) is -9.67. The van der Waals surface area contributed by atoms with Crippen molar-refractivity contribution in [3.8, 4) is 28.2 Å². The molecule has 91 heavy (non-hydrogen) atoms. The average Bonchev–Trinajstić information content (AvgIpc) is 0.669. The van der Waals surface area contributed by atoms with Crippen molar-refractivity contribution < 1.29 is 86.5 Å². The number of ether oxygens (including phenoxy) is 6. The van der Waals surface area contributed by atoms with Crippen LogP contribution in [0.15, 0.2) is 172 Å². The molecule has 21 nitrogen and oxygen atoms in total. The summed E-state index contributed by atoms with van der Waals surface area (Å²) in [5.41, 5.74) is -6.39. The average molecular weight is 1240 g/mol. The number of nitrogens with one attached hydrogen (secondary N) is 2. The molecular weight excluding hydrogens is 1170 g/mol. The zero-order valence-corrected chi connectivity index (χ0v) is 50.6. The molecule has 11 rings (SSSR count). The Morgan fingerprint density at radius 2 is 1.33 bits per heavy atom. The fraction of sp³-hybridized carbons (Fsp3) is 0.329. The van der Waals surface area contributed by atoms with E-state index in [1.807, 2.05) is 0 Å². The number of Topliss-reactive ketones (excluding diaryl/α,β-unsaturated/α-hetero) is 1. The highest BCUT2D eigenvalue weighted by atomic mass is 16.6. The van der Waals surface area contributed by atoms with Gasteiger partial charge in [0.05, 0.1) is 29.5 Å². The number of hydrogen-bond acceptors (Lipinski definition) is 19. The molecule has 2 unspecified atom stereocenters. The second kappa shape index (κ2) is 24.2. The first-order chi connectivity index (χ1) is 43.3. The van der Waals surface area contributed by atoms with Crippen molar-refractivity contribution in [2.75, 3.05) is 6.61 Å². The number of esters is 5. The van der Waals surface area contributed by atoms with Crippen LogP contribution in [0.3, 0.4) is 0 Å². The quantitative estimate of drug-likeness (QED) is 0.0370. The van der Waals surface area contributed by atoms with E-state index in [1.165, 1.54) is 76.2 Å². The molecule has 470 valence electrons. The van der Waals surface area contributed by atoms with Crippen LogP contribution in [0.5, 0.6) is 5.75 Å². The Hall–Kier alpha value is -9.83. The van der Waals surface area contributed by atoms with Gasteiger partial charge in [0, 0.05) is 77.8 Å².